The van der Waals surface area contributed by atoms with Crippen molar-refractivity contribution in [3.63, 3.8) is 0 Å². The van der Waals surface area contributed by atoms with Crippen molar-refractivity contribution < 1.29 is 23.1 Å². The molecule has 0 saturated heterocycles. The minimum absolute atomic E-state index is 0.0598. The SMILES string of the molecule is O=C(NCC1CCCC1CO)C1CCC(C(F)(F)F)CC1. The zero-order chi connectivity index (χ0) is 15.5. The van der Waals surface area contributed by atoms with E-state index in [1.807, 2.05) is 0 Å². The predicted molar refractivity (Wildman–Crippen MR) is 72.4 cm³/mol. The second-order valence-electron chi connectivity index (χ2n) is 6.47. The molecule has 2 aliphatic carbocycles. The monoisotopic (exact) mass is 307 g/mol. The molecule has 2 fully saturated rings. The summed E-state index contributed by atoms with van der Waals surface area (Å²) in [5.41, 5.74) is 0. The Hall–Kier alpha value is -0.780. The van der Waals surface area contributed by atoms with E-state index in [0.29, 0.717) is 25.3 Å². The Morgan fingerprint density at radius 3 is 2.24 bits per heavy atom. The van der Waals surface area contributed by atoms with Crippen molar-refractivity contribution in [2.45, 2.75) is 51.1 Å². The molecule has 6 heteroatoms. The molecule has 2 unspecified atom stereocenters. The maximum Gasteiger partial charge on any atom is 0.391 e. The van der Waals surface area contributed by atoms with Gasteiger partial charge >= 0.3 is 6.18 Å². The fourth-order valence-electron chi connectivity index (χ4n) is 3.68. The molecule has 2 rings (SSSR count). The second-order valence-corrected chi connectivity index (χ2v) is 6.47. The van der Waals surface area contributed by atoms with Gasteiger partial charge in [-0.2, -0.15) is 13.2 Å². The lowest BCUT2D eigenvalue weighted by atomic mass is 9.81. The number of alkyl halides is 3. The lowest BCUT2D eigenvalue weighted by Crippen LogP contribution is -2.38. The van der Waals surface area contributed by atoms with Gasteiger partial charge in [-0.15, -0.1) is 0 Å². The summed E-state index contributed by atoms with van der Waals surface area (Å²) in [4.78, 5) is 12.1. The normalized spacial score (nSPS) is 33.9. The molecule has 0 aromatic heterocycles. The standard InChI is InChI=1S/C15H24F3NO2/c16-15(17,18)13-6-4-10(5-7-13)14(21)19-8-11-2-1-3-12(11)9-20/h10-13,20H,1-9H2,(H,19,21). The molecule has 2 atom stereocenters. The Bertz CT molecular complexity index is 351. The molecular formula is C15H24F3NO2. The van der Waals surface area contributed by atoms with Gasteiger partial charge in [0.2, 0.25) is 5.91 Å². The number of rotatable bonds is 4. The van der Waals surface area contributed by atoms with Crippen molar-refractivity contribution in [2.75, 3.05) is 13.2 Å². The summed E-state index contributed by atoms with van der Waals surface area (Å²) in [6.07, 6.45) is -0.287. The van der Waals surface area contributed by atoms with Gasteiger partial charge in [0, 0.05) is 19.1 Å². The smallest absolute Gasteiger partial charge is 0.391 e. The van der Waals surface area contributed by atoms with Gasteiger partial charge in [-0.1, -0.05) is 6.42 Å². The molecule has 21 heavy (non-hydrogen) atoms. The van der Waals surface area contributed by atoms with E-state index in [2.05, 4.69) is 5.32 Å². The van der Waals surface area contributed by atoms with E-state index in [0.717, 1.165) is 19.3 Å². The second kappa shape index (κ2) is 6.99. The van der Waals surface area contributed by atoms with Gasteiger partial charge in [-0.05, 0) is 50.4 Å². The topological polar surface area (TPSA) is 49.3 Å². The average molecular weight is 307 g/mol. The number of amides is 1. The van der Waals surface area contributed by atoms with Gasteiger partial charge in [0.1, 0.15) is 0 Å². The Kier molecular flexibility index (Phi) is 5.52. The molecule has 0 radical (unpaired) electrons. The van der Waals surface area contributed by atoms with Gasteiger partial charge in [-0.25, -0.2) is 0 Å². The summed E-state index contributed by atoms with van der Waals surface area (Å²) in [7, 11) is 0. The Labute approximate surface area is 123 Å². The quantitative estimate of drug-likeness (QED) is 0.839. The van der Waals surface area contributed by atoms with Gasteiger partial charge < -0.3 is 10.4 Å². The summed E-state index contributed by atoms with van der Waals surface area (Å²) in [6.45, 7) is 0.695. The number of carbonyl (C=O) groups is 1. The van der Waals surface area contributed by atoms with Crippen LogP contribution in [0.15, 0.2) is 0 Å². The first-order chi connectivity index (χ1) is 9.91. The minimum atomic E-state index is -4.13. The third-order valence-corrected chi connectivity index (χ3v) is 5.15. The van der Waals surface area contributed by atoms with E-state index < -0.39 is 12.1 Å². The first-order valence-corrected chi connectivity index (χ1v) is 7.87. The first kappa shape index (κ1) is 16.6. The lowest BCUT2D eigenvalue weighted by Gasteiger charge is -2.29. The van der Waals surface area contributed by atoms with Crippen molar-refractivity contribution in [2.24, 2.45) is 23.7 Å². The molecule has 2 aliphatic rings. The predicted octanol–water partition coefficient (Wildman–Crippen LogP) is 2.88. The van der Waals surface area contributed by atoms with Crippen LogP contribution in [0, 0.1) is 23.7 Å². The van der Waals surface area contributed by atoms with Gasteiger partial charge in [0.25, 0.3) is 0 Å². The van der Waals surface area contributed by atoms with Crippen LogP contribution in [0.2, 0.25) is 0 Å². The molecule has 0 aromatic rings. The van der Waals surface area contributed by atoms with Crippen LogP contribution in [0.5, 0.6) is 0 Å². The van der Waals surface area contributed by atoms with E-state index in [-0.39, 0.29) is 37.2 Å². The van der Waals surface area contributed by atoms with Crippen molar-refractivity contribution in [3.8, 4) is 0 Å². The van der Waals surface area contributed by atoms with Crippen LogP contribution >= 0.6 is 0 Å². The summed E-state index contributed by atoms with van der Waals surface area (Å²) < 4.78 is 37.7. The maximum atomic E-state index is 12.6. The van der Waals surface area contributed by atoms with Crippen LogP contribution in [0.1, 0.15) is 44.9 Å². The third kappa shape index (κ3) is 4.34. The average Bonchev–Trinajstić information content (AvgIpc) is 2.91. The minimum Gasteiger partial charge on any atom is -0.396 e. The maximum absolute atomic E-state index is 12.6. The highest BCUT2D eigenvalue weighted by molar-refractivity contribution is 5.78. The number of aliphatic hydroxyl groups excluding tert-OH is 1. The molecule has 0 heterocycles. The molecule has 2 saturated carbocycles. The van der Waals surface area contributed by atoms with Gasteiger partial charge in [-0.3, -0.25) is 4.79 Å². The van der Waals surface area contributed by atoms with E-state index in [4.69, 9.17) is 0 Å². The van der Waals surface area contributed by atoms with Crippen molar-refractivity contribution in [1.29, 1.82) is 0 Å². The number of carbonyl (C=O) groups excluding carboxylic acids is 1. The van der Waals surface area contributed by atoms with Gasteiger partial charge in [0.15, 0.2) is 0 Å². The van der Waals surface area contributed by atoms with E-state index in [1.165, 1.54) is 0 Å². The highest BCUT2D eigenvalue weighted by Gasteiger charge is 2.42. The van der Waals surface area contributed by atoms with Crippen molar-refractivity contribution in [1.82, 2.24) is 5.32 Å². The van der Waals surface area contributed by atoms with Crippen LogP contribution in [-0.4, -0.2) is 30.3 Å². The van der Waals surface area contributed by atoms with Crippen LogP contribution < -0.4 is 5.32 Å². The number of halogens is 3. The van der Waals surface area contributed by atoms with Gasteiger partial charge in [0.05, 0.1) is 5.92 Å². The van der Waals surface area contributed by atoms with Crippen LogP contribution in [0.25, 0.3) is 0 Å². The molecule has 2 N–H and O–H groups in total. The van der Waals surface area contributed by atoms with Crippen molar-refractivity contribution in [3.05, 3.63) is 0 Å². The molecule has 122 valence electrons. The van der Waals surface area contributed by atoms with Crippen LogP contribution in [0.4, 0.5) is 13.2 Å². The zero-order valence-electron chi connectivity index (χ0n) is 12.2. The number of aliphatic hydroxyl groups is 1. The number of nitrogens with one attached hydrogen (secondary N) is 1. The van der Waals surface area contributed by atoms with Crippen molar-refractivity contribution >= 4 is 5.91 Å². The third-order valence-electron chi connectivity index (χ3n) is 5.15. The van der Waals surface area contributed by atoms with Crippen LogP contribution in [-0.2, 0) is 4.79 Å². The number of hydrogen-bond acceptors (Lipinski definition) is 2. The molecule has 3 nitrogen and oxygen atoms in total. The van der Waals surface area contributed by atoms with E-state index in [9.17, 15) is 23.1 Å². The molecule has 0 aliphatic heterocycles. The molecule has 1 amide bonds. The Balaban J connectivity index is 1.73. The number of hydrogen-bond donors (Lipinski definition) is 2. The first-order valence-electron chi connectivity index (χ1n) is 7.87. The summed E-state index contributed by atoms with van der Waals surface area (Å²) in [5, 5.41) is 12.1. The van der Waals surface area contributed by atoms with Crippen LogP contribution in [0.3, 0.4) is 0 Å². The highest BCUT2D eigenvalue weighted by atomic mass is 19.4. The van der Waals surface area contributed by atoms with E-state index in [1.54, 1.807) is 0 Å². The Morgan fingerprint density at radius 1 is 1.05 bits per heavy atom. The fraction of sp³-hybridized carbons (Fsp3) is 0.933. The zero-order valence-corrected chi connectivity index (χ0v) is 12.2. The lowest BCUT2D eigenvalue weighted by molar-refractivity contribution is -0.184. The summed E-state index contributed by atoms with van der Waals surface area (Å²) in [6, 6.07) is 0. The Morgan fingerprint density at radius 2 is 1.67 bits per heavy atom. The molecule has 0 bridgehead atoms. The molecule has 0 spiro atoms. The summed E-state index contributed by atoms with van der Waals surface area (Å²) in [5.74, 6) is -1.07. The molecule has 0 aromatic carbocycles. The summed E-state index contributed by atoms with van der Waals surface area (Å²) >= 11 is 0. The fourth-order valence-corrected chi connectivity index (χ4v) is 3.68. The molecular weight excluding hydrogens is 283 g/mol. The highest BCUT2D eigenvalue weighted by Crippen LogP contribution is 2.39. The van der Waals surface area contributed by atoms with E-state index >= 15 is 0 Å². The largest absolute Gasteiger partial charge is 0.396 e.